The normalized spacial score (nSPS) is 18.5. The molecule has 1 heterocycles. The van der Waals surface area contributed by atoms with Gasteiger partial charge in [-0.3, -0.25) is 9.59 Å². The van der Waals surface area contributed by atoms with Crippen molar-refractivity contribution in [3.05, 3.63) is 65.2 Å². The third kappa shape index (κ3) is 4.97. The SMILES string of the molecule is Cc1ccccc1CC(=O)N1CCCC1COc1ccc(C(=O)NC2CC2)cc1. The first-order chi connectivity index (χ1) is 14.1. The molecule has 2 aliphatic rings. The monoisotopic (exact) mass is 392 g/mol. The molecule has 1 unspecified atom stereocenters. The predicted molar refractivity (Wildman–Crippen MR) is 112 cm³/mol. The quantitative estimate of drug-likeness (QED) is 0.785. The fourth-order valence-corrected chi connectivity index (χ4v) is 3.80. The van der Waals surface area contributed by atoms with Gasteiger partial charge in [0.1, 0.15) is 12.4 Å². The topological polar surface area (TPSA) is 58.6 Å². The fourth-order valence-electron chi connectivity index (χ4n) is 3.80. The summed E-state index contributed by atoms with van der Waals surface area (Å²) in [6, 6.07) is 15.7. The molecule has 5 heteroatoms. The van der Waals surface area contributed by atoms with E-state index in [1.807, 2.05) is 48.2 Å². The van der Waals surface area contributed by atoms with Crippen LogP contribution >= 0.6 is 0 Å². The van der Waals surface area contributed by atoms with Crippen molar-refractivity contribution >= 4 is 11.8 Å². The Balaban J connectivity index is 1.31. The highest BCUT2D eigenvalue weighted by Gasteiger charge is 2.29. The minimum atomic E-state index is -0.0252. The Morgan fingerprint density at radius 2 is 1.83 bits per heavy atom. The number of carbonyl (C=O) groups excluding carboxylic acids is 2. The maximum atomic E-state index is 12.8. The molecule has 2 aromatic rings. The van der Waals surface area contributed by atoms with Crippen molar-refractivity contribution in [2.75, 3.05) is 13.2 Å². The highest BCUT2D eigenvalue weighted by molar-refractivity contribution is 5.94. The van der Waals surface area contributed by atoms with Gasteiger partial charge in [0.05, 0.1) is 12.5 Å². The lowest BCUT2D eigenvalue weighted by molar-refractivity contribution is -0.131. The van der Waals surface area contributed by atoms with Gasteiger partial charge in [0.25, 0.3) is 5.91 Å². The second-order valence-electron chi connectivity index (χ2n) is 8.07. The van der Waals surface area contributed by atoms with E-state index in [1.165, 1.54) is 0 Å². The van der Waals surface area contributed by atoms with Crippen LogP contribution in [0.15, 0.2) is 48.5 Å². The average Bonchev–Trinajstić information content (AvgIpc) is 3.41. The van der Waals surface area contributed by atoms with Crippen LogP contribution in [0.2, 0.25) is 0 Å². The van der Waals surface area contributed by atoms with Gasteiger partial charge < -0.3 is 15.0 Å². The molecule has 1 saturated heterocycles. The molecule has 2 amide bonds. The number of benzene rings is 2. The molecule has 152 valence electrons. The number of carbonyl (C=O) groups is 2. The van der Waals surface area contributed by atoms with Crippen LogP contribution < -0.4 is 10.1 Å². The van der Waals surface area contributed by atoms with E-state index in [2.05, 4.69) is 5.32 Å². The summed E-state index contributed by atoms with van der Waals surface area (Å²) in [6.45, 7) is 3.31. The van der Waals surface area contributed by atoms with Crippen LogP contribution in [0.1, 0.15) is 47.2 Å². The van der Waals surface area contributed by atoms with Crippen molar-refractivity contribution < 1.29 is 14.3 Å². The molecule has 0 aromatic heterocycles. The zero-order valence-corrected chi connectivity index (χ0v) is 16.9. The lowest BCUT2D eigenvalue weighted by atomic mass is 10.1. The maximum Gasteiger partial charge on any atom is 0.251 e. The number of hydrogen-bond donors (Lipinski definition) is 1. The Morgan fingerprint density at radius 1 is 1.07 bits per heavy atom. The summed E-state index contributed by atoms with van der Waals surface area (Å²) in [5, 5.41) is 2.98. The molecular formula is C24H28N2O3. The molecule has 0 spiro atoms. The maximum absolute atomic E-state index is 12.8. The van der Waals surface area contributed by atoms with Crippen molar-refractivity contribution in [2.24, 2.45) is 0 Å². The van der Waals surface area contributed by atoms with Crippen LogP contribution in [0.3, 0.4) is 0 Å². The smallest absolute Gasteiger partial charge is 0.251 e. The molecule has 0 bridgehead atoms. The van der Waals surface area contributed by atoms with E-state index < -0.39 is 0 Å². The molecule has 1 aliphatic heterocycles. The van der Waals surface area contributed by atoms with Crippen molar-refractivity contribution in [1.82, 2.24) is 10.2 Å². The van der Waals surface area contributed by atoms with E-state index in [0.717, 1.165) is 49.1 Å². The summed E-state index contributed by atoms with van der Waals surface area (Å²) in [4.78, 5) is 26.9. The van der Waals surface area contributed by atoms with Gasteiger partial charge in [-0.15, -0.1) is 0 Å². The number of nitrogens with zero attached hydrogens (tertiary/aromatic N) is 1. The minimum absolute atomic E-state index is 0.0252. The van der Waals surface area contributed by atoms with Gasteiger partial charge in [0.2, 0.25) is 5.91 Å². The lowest BCUT2D eigenvalue weighted by Gasteiger charge is -2.25. The van der Waals surface area contributed by atoms with Crippen LogP contribution in [0, 0.1) is 6.92 Å². The molecule has 0 radical (unpaired) electrons. The molecule has 29 heavy (non-hydrogen) atoms. The van der Waals surface area contributed by atoms with Gasteiger partial charge in [0, 0.05) is 18.2 Å². The molecule has 1 N–H and O–H groups in total. The van der Waals surface area contributed by atoms with E-state index >= 15 is 0 Å². The predicted octanol–water partition coefficient (Wildman–Crippen LogP) is 3.50. The second-order valence-corrected chi connectivity index (χ2v) is 8.07. The van der Waals surface area contributed by atoms with Crippen LogP contribution in [-0.4, -0.2) is 41.9 Å². The molecule has 4 rings (SSSR count). The summed E-state index contributed by atoms with van der Waals surface area (Å²) in [5.41, 5.74) is 2.89. The Bertz CT molecular complexity index is 874. The summed E-state index contributed by atoms with van der Waals surface area (Å²) >= 11 is 0. The molecular weight excluding hydrogens is 364 g/mol. The van der Waals surface area contributed by atoms with Crippen LogP contribution in [0.5, 0.6) is 5.75 Å². The molecule has 1 atom stereocenters. The van der Waals surface area contributed by atoms with Gasteiger partial charge in [-0.1, -0.05) is 24.3 Å². The number of amides is 2. The van der Waals surface area contributed by atoms with E-state index in [4.69, 9.17) is 4.74 Å². The van der Waals surface area contributed by atoms with Crippen LogP contribution in [0.25, 0.3) is 0 Å². The number of ether oxygens (including phenoxy) is 1. The highest BCUT2D eigenvalue weighted by atomic mass is 16.5. The Morgan fingerprint density at radius 3 is 2.55 bits per heavy atom. The Kier molecular flexibility index (Phi) is 5.84. The van der Waals surface area contributed by atoms with E-state index in [1.54, 1.807) is 12.1 Å². The van der Waals surface area contributed by atoms with Gasteiger partial charge in [-0.05, 0) is 68.0 Å². The van der Waals surface area contributed by atoms with Gasteiger partial charge in [-0.25, -0.2) is 0 Å². The standard InChI is InChI=1S/C24H28N2O3/c1-17-5-2-3-6-19(17)15-23(27)26-14-4-7-21(26)16-29-22-12-8-18(9-13-22)24(28)25-20-10-11-20/h2-3,5-6,8-9,12-13,20-21H,4,7,10-11,14-16H2,1H3,(H,25,28). The first kappa shape index (κ1) is 19.5. The average molecular weight is 392 g/mol. The fraction of sp³-hybridized carbons (Fsp3) is 0.417. The number of hydrogen-bond acceptors (Lipinski definition) is 3. The first-order valence-corrected chi connectivity index (χ1v) is 10.5. The largest absolute Gasteiger partial charge is 0.491 e. The molecule has 1 saturated carbocycles. The summed E-state index contributed by atoms with van der Waals surface area (Å²) in [5.74, 6) is 0.867. The van der Waals surface area contributed by atoms with E-state index in [9.17, 15) is 9.59 Å². The van der Waals surface area contributed by atoms with Crippen LogP contribution in [0.4, 0.5) is 0 Å². The summed E-state index contributed by atoms with van der Waals surface area (Å²) < 4.78 is 5.95. The summed E-state index contributed by atoms with van der Waals surface area (Å²) in [6.07, 6.45) is 4.56. The molecule has 5 nitrogen and oxygen atoms in total. The Labute approximate surface area is 172 Å². The lowest BCUT2D eigenvalue weighted by Crippen LogP contribution is -2.40. The number of aryl methyl sites for hydroxylation is 1. The first-order valence-electron chi connectivity index (χ1n) is 10.5. The van der Waals surface area contributed by atoms with Gasteiger partial charge in [-0.2, -0.15) is 0 Å². The molecule has 2 aromatic carbocycles. The van der Waals surface area contributed by atoms with Gasteiger partial charge >= 0.3 is 0 Å². The zero-order chi connectivity index (χ0) is 20.2. The van der Waals surface area contributed by atoms with Gasteiger partial charge in [0.15, 0.2) is 0 Å². The van der Waals surface area contributed by atoms with Crippen molar-refractivity contribution in [3.63, 3.8) is 0 Å². The summed E-state index contributed by atoms with van der Waals surface area (Å²) in [7, 11) is 0. The zero-order valence-electron chi connectivity index (χ0n) is 16.9. The van der Waals surface area contributed by atoms with Crippen LogP contribution in [-0.2, 0) is 11.2 Å². The highest BCUT2D eigenvalue weighted by Crippen LogP contribution is 2.22. The molecule has 1 aliphatic carbocycles. The third-order valence-electron chi connectivity index (χ3n) is 5.77. The third-order valence-corrected chi connectivity index (χ3v) is 5.77. The number of nitrogens with one attached hydrogen (secondary N) is 1. The Hall–Kier alpha value is -2.82. The van der Waals surface area contributed by atoms with E-state index in [-0.39, 0.29) is 17.9 Å². The van der Waals surface area contributed by atoms with Crippen molar-refractivity contribution in [1.29, 1.82) is 0 Å². The number of likely N-dealkylation sites (tertiary alicyclic amines) is 1. The molecule has 2 fully saturated rings. The van der Waals surface area contributed by atoms with Crippen molar-refractivity contribution in [2.45, 2.75) is 51.1 Å². The second kappa shape index (κ2) is 8.68. The minimum Gasteiger partial charge on any atom is -0.491 e. The number of rotatable bonds is 7. The van der Waals surface area contributed by atoms with E-state index in [0.29, 0.717) is 24.6 Å². The van der Waals surface area contributed by atoms with Crippen molar-refractivity contribution in [3.8, 4) is 5.75 Å².